The zero-order valence-corrected chi connectivity index (χ0v) is 9.61. The summed E-state index contributed by atoms with van der Waals surface area (Å²) < 4.78 is 12.2. The number of nitrogens with zero attached hydrogens (tertiary/aromatic N) is 2. The van der Waals surface area contributed by atoms with Gasteiger partial charge in [0.25, 0.3) is 0 Å². The van der Waals surface area contributed by atoms with E-state index in [1.54, 1.807) is 0 Å². The Kier molecular flexibility index (Phi) is 3.83. The number of nitrogens with two attached hydrogens (primary N) is 1. The van der Waals surface area contributed by atoms with E-state index in [9.17, 15) is 4.39 Å². The van der Waals surface area contributed by atoms with E-state index in [0.29, 0.717) is 12.6 Å². The lowest BCUT2D eigenvalue weighted by Gasteiger charge is -2.38. The van der Waals surface area contributed by atoms with Crippen molar-refractivity contribution in [2.45, 2.75) is 18.9 Å². The quantitative estimate of drug-likeness (QED) is 0.780. The third-order valence-corrected chi connectivity index (χ3v) is 3.38. The number of rotatable bonds is 3. The van der Waals surface area contributed by atoms with E-state index in [1.807, 2.05) is 12.2 Å². The van der Waals surface area contributed by atoms with Crippen LogP contribution in [0.3, 0.4) is 0 Å². The van der Waals surface area contributed by atoms with Crippen molar-refractivity contribution in [1.29, 1.82) is 0 Å². The summed E-state index contributed by atoms with van der Waals surface area (Å²) in [6.45, 7) is 3.20. The molecule has 2 heterocycles. The van der Waals surface area contributed by atoms with E-state index in [0.717, 1.165) is 38.2 Å². The molecule has 0 aromatic rings. The van der Waals surface area contributed by atoms with Crippen LogP contribution < -0.4 is 5.73 Å². The number of allylic oxidation sites excluding steroid dienone is 2. The Morgan fingerprint density at radius 1 is 1.38 bits per heavy atom. The van der Waals surface area contributed by atoms with E-state index in [2.05, 4.69) is 16.0 Å². The third kappa shape index (κ3) is 2.76. The van der Waals surface area contributed by atoms with Gasteiger partial charge >= 0.3 is 0 Å². The fourth-order valence-electron chi connectivity index (χ4n) is 2.44. The number of alkyl halides is 1. The second kappa shape index (κ2) is 5.34. The van der Waals surface area contributed by atoms with Crippen LogP contribution in [0.1, 0.15) is 12.8 Å². The molecule has 1 fully saturated rings. The Morgan fingerprint density at radius 3 is 2.75 bits per heavy atom. The summed E-state index contributed by atoms with van der Waals surface area (Å²) in [6.07, 6.45) is 8.29. The molecule has 0 aromatic carbocycles. The number of halogens is 1. The smallest absolute Gasteiger partial charge is 0.102 e. The lowest BCUT2D eigenvalue weighted by atomic mass is 10.0. The molecule has 2 N–H and O–H groups in total. The van der Waals surface area contributed by atoms with Crippen LogP contribution in [0.2, 0.25) is 0 Å². The van der Waals surface area contributed by atoms with Gasteiger partial charge in [-0.25, -0.2) is 4.39 Å². The van der Waals surface area contributed by atoms with Gasteiger partial charge in [-0.2, -0.15) is 0 Å². The van der Waals surface area contributed by atoms with Gasteiger partial charge < -0.3 is 15.5 Å². The summed E-state index contributed by atoms with van der Waals surface area (Å²) in [5.41, 5.74) is 6.74. The molecule has 0 radical (unpaired) electrons. The van der Waals surface area contributed by atoms with Crippen molar-refractivity contribution >= 4 is 0 Å². The molecule has 3 nitrogen and oxygen atoms in total. The maximum atomic E-state index is 12.2. The van der Waals surface area contributed by atoms with Crippen LogP contribution in [-0.4, -0.2) is 48.7 Å². The first-order valence-electron chi connectivity index (χ1n) is 5.96. The summed E-state index contributed by atoms with van der Waals surface area (Å²) in [5.74, 6) is 0. The lowest BCUT2D eigenvalue weighted by molar-refractivity contribution is 0.139. The van der Waals surface area contributed by atoms with Gasteiger partial charge in [-0.05, 0) is 31.2 Å². The standard InChI is InChI=1S/C12H20FN3/c13-5-9-15-7-3-12(4-8-15)16-6-1-2-11(14)10-16/h1-2,6,12H,3-5,7-10,14H2. The average Bonchev–Trinajstić information content (AvgIpc) is 2.30. The van der Waals surface area contributed by atoms with Gasteiger partial charge in [-0.15, -0.1) is 0 Å². The van der Waals surface area contributed by atoms with Gasteiger partial charge in [-0.1, -0.05) is 0 Å². The van der Waals surface area contributed by atoms with Crippen LogP contribution >= 0.6 is 0 Å². The summed E-state index contributed by atoms with van der Waals surface area (Å²) in [7, 11) is 0. The van der Waals surface area contributed by atoms with Crippen LogP contribution in [0.25, 0.3) is 0 Å². The molecule has 0 aromatic heterocycles. The van der Waals surface area contributed by atoms with Gasteiger partial charge in [0.15, 0.2) is 0 Å². The maximum Gasteiger partial charge on any atom is 0.102 e. The summed E-state index contributed by atoms with van der Waals surface area (Å²) in [5, 5.41) is 0. The molecule has 0 atom stereocenters. The minimum atomic E-state index is -0.232. The van der Waals surface area contributed by atoms with Crippen molar-refractivity contribution in [2.24, 2.45) is 5.73 Å². The molecule has 90 valence electrons. The predicted molar refractivity (Wildman–Crippen MR) is 63.6 cm³/mol. The normalized spacial score (nSPS) is 23.6. The first kappa shape index (κ1) is 11.5. The van der Waals surface area contributed by atoms with Crippen molar-refractivity contribution < 1.29 is 4.39 Å². The monoisotopic (exact) mass is 225 g/mol. The van der Waals surface area contributed by atoms with Gasteiger partial charge in [-0.3, -0.25) is 0 Å². The zero-order chi connectivity index (χ0) is 11.4. The average molecular weight is 225 g/mol. The van der Waals surface area contributed by atoms with Gasteiger partial charge in [0.2, 0.25) is 0 Å². The Labute approximate surface area is 96.4 Å². The molecule has 0 amide bonds. The lowest BCUT2D eigenvalue weighted by Crippen LogP contribution is -2.44. The summed E-state index contributed by atoms with van der Waals surface area (Å²) in [6, 6.07) is 0.569. The van der Waals surface area contributed by atoms with Crippen molar-refractivity contribution in [3.63, 3.8) is 0 Å². The van der Waals surface area contributed by atoms with E-state index in [4.69, 9.17) is 5.73 Å². The largest absolute Gasteiger partial charge is 0.401 e. The molecule has 2 aliphatic heterocycles. The fourth-order valence-corrected chi connectivity index (χ4v) is 2.44. The Balaban J connectivity index is 1.81. The second-order valence-corrected chi connectivity index (χ2v) is 4.52. The van der Waals surface area contributed by atoms with E-state index in [-0.39, 0.29) is 6.67 Å². The molecule has 1 saturated heterocycles. The number of hydrogen-bond donors (Lipinski definition) is 1. The van der Waals surface area contributed by atoms with Crippen LogP contribution in [0, 0.1) is 0 Å². The van der Waals surface area contributed by atoms with E-state index >= 15 is 0 Å². The highest BCUT2D eigenvalue weighted by atomic mass is 19.1. The Bertz CT molecular complexity index is 280. The molecule has 0 unspecified atom stereocenters. The van der Waals surface area contributed by atoms with E-state index < -0.39 is 0 Å². The third-order valence-electron chi connectivity index (χ3n) is 3.38. The first-order valence-corrected chi connectivity index (χ1v) is 5.96. The minimum Gasteiger partial charge on any atom is -0.401 e. The summed E-state index contributed by atoms with van der Waals surface area (Å²) in [4.78, 5) is 4.51. The Hall–Kier alpha value is -1.03. The summed E-state index contributed by atoms with van der Waals surface area (Å²) >= 11 is 0. The second-order valence-electron chi connectivity index (χ2n) is 4.52. The van der Waals surface area contributed by atoms with Crippen molar-refractivity contribution in [2.75, 3.05) is 32.9 Å². The number of likely N-dealkylation sites (tertiary alicyclic amines) is 1. The molecular weight excluding hydrogens is 205 g/mol. The van der Waals surface area contributed by atoms with Crippen LogP contribution in [-0.2, 0) is 0 Å². The fraction of sp³-hybridized carbons (Fsp3) is 0.667. The van der Waals surface area contributed by atoms with Gasteiger partial charge in [0, 0.05) is 31.4 Å². The zero-order valence-electron chi connectivity index (χ0n) is 9.61. The minimum absolute atomic E-state index is 0.232. The van der Waals surface area contributed by atoms with Crippen LogP contribution in [0.15, 0.2) is 24.0 Å². The van der Waals surface area contributed by atoms with Crippen molar-refractivity contribution in [3.05, 3.63) is 24.0 Å². The SMILES string of the molecule is NC1=CC=CN(C2CCN(CCF)CC2)C1. The van der Waals surface area contributed by atoms with E-state index in [1.165, 1.54) is 0 Å². The molecule has 2 aliphatic rings. The van der Waals surface area contributed by atoms with Crippen LogP contribution in [0.5, 0.6) is 0 Å². The molecule has 2 rings (SSSR count). The molecule has 4 heteroatoms. The molecule has 16 heavy (non-hydrogen) atoms. The van der Waals surface area contributed by atoms with Gasteiger partial charge in [0.05, 0.1) is 6.54 Å². The molecule has 0 bridgehead atoms. The van der Waals surface area contributed by atoms with Crippen molar-refractivity contribution in [1.82, 2.24) is 9.80 Å². The molecule has 0 spiro atoms. The predicted octanol–water partition coefficient (Wildman–Crippen LogP) is 1.09. The van der Waals surface area contributed by atoms with Gasteiger partial charge in [0.1, 0.15) is 6.67 Å². The topological polar surface area (TPSA) is 32.5 Å². The number of hydrogen-bond acceptors (Lipinski definition) is 3. The molecule has 0 aliphatic carbocycles. The molecular formula is C12H20FN3. The highest BCUT2D eigenvalue weighted by molar-refractivity contribution is 5.16. The first-order chi connectivity index (χ1) is 7.79. The maximum absolute atomic E-state index is 12.2. The molecule has 0 saturated carbocycles. The van der Waals surface area contributed by atoms with Crippen LogP contribution in [0.4, 0.5) is 4.39 Å². The van der Waals surface area contributed by atoms with Crippen molar-refractivity contribution in [3.8, 4) is 0 Å². The Morgan fingerprint density at radius 2 is 2.12 bits per heavy atom. The highest BCUT2D eigenvalue weighted by Gasteiger charge is 2.23. The highest BCUT2D eigenvalue weighted by Crippen LogP contribution is 2.19. The number of piperidine rings is 1.